The minimum Gasteiger partial charge on any atom is -0.496 e. The third kappa shape index (κ3) is 3.79. The van der Waals surface area contributed by atoms with Gasteiger partial charge < -0.3 is 15.4 Å². The zero-order chi connectivity index (χ0) is 18.7. The zero-order valence-electron chi connectivity index (χ0n) is 15.6. The van der Waals surface area contributed by atoms with Crippen LogP contribution >= 0.6 is 0 Å². The van der Waals surface area contributed by atoms with Gasteiger partial charge >= 0.3 is 0 Å². The average molecular weight is 354 g/mol. The van der Waals surface area contributed by atoms with Crippen molar-refractivity contribution >= 4 is 11.9 Å². The van der Waals surface area contributed by atoms with Gasteiger partial charge in [-0.25, -0.2) is 9.97 Å². The molecule has 1 atom stereocenters. The van der Waals surface area contributed by atoms with Crippen LogP contribution in [0.15, 0.2) is 30.3 Å². The number of aromatic nitrogens is 2. The first-order chi connectivity index (χ1) is 12.5. The van der Waals surface area contributed by atoms with Crippen molar-refractivity contribution < 1.29 is 9.53 Å². The second-order valence-electron chi connectivity index (χ2n) is 7.10. The van der Waals surface area contributed by atoms with E-state index < -0.39 is 0 Å². The lowest BCUT2D eigenvalue weighted by Crippen LogP contribution is -2.31. The maximum Gasteiger partial charge on any atom is 0.273 e. The quantitative estimate of drug-likeness (QED) is 0.891. The van der Waals surface area contributed by atoms with E-state index in [1.165, 1.54) is 0 Å². The molecule has 2 heterocycles. The number of carbonyl (C=O) groups excluding carboxylic acids is 1. The molecule has 3 rings (SSSR count). The number of nitrogens with two attached hydrogens (primary N) is 1. The Morgan fingerprint density at radius 3 is 2.85 bits per heavy atom. The molecule has 6 heteroatoms. The zero-order valence-corrected chi connectivity index (χ0v) is 15.6. The highest BCUT2D eigenvalue weighted by molar-refractivity contribution is 5.93. The Hall–Kier alpha value is -2.63. The number of nitrogen functional groups attached to an aromatic ring is 1. The van der Waals surface area contributed by atoms with Crippen LogP contribution in [0, 0.1) is 5.92 Å². The number of hydrogen-bond donors (Lipinski definition) is 1. The molecule has 1 aromatic heterocycles. The summed E-state index contributed by atoms with van der Waals surface area (Å²) in [4.78, 5) is 23.5. The molecule has 26 heavy (non-hydrogen) atoms. The lowest BCUT2D eigenvalue weighted by atomic mass is 10.0. The van der Waals surface area contributed by atoms with E-state index in [2.05, 4.69) is 23.8 Å². The van der Waals surface area contributed by atoms with Gasteiger partial charge in [-0.1, -0.05) is 32.0 Å². The van der Waals surface area contributed by atoms with E-state index in [-0.39, 0.29) is 17.9 Å². The van der Waals surface area contributed by atoms with Gasteiger partial charge in [0.05, 0.1) is 13.2 Å². The second-order valence-corrected chi connectivity index (χ2v) is 7.10. The fourth-order valence-corrected chi connectivity index (χ4v) is 3.57. The van der Waals surface area contributed by atoms with E-state index >= 15 is 0 Å². The molecule has 0 unspecified atom stereocenters. The Morgan fingerprint density at radius 2 is 2.12 bits per heavy atom. The molecule has 0 aliphatic carbocycles. The van der Waals surface area contributed by atoms with E-state index in [0.717, 1.165) is 36.3 Å². The van der Waals surface area contributed by atoms with E-state index in [4.69, 9.17) is 10.5 Å². The molecule has 0 spiro atoms. The highest BCUT2D eigenvalue weighted by atomic mass is 16.5. The van der Waals surface area contributed by atoms with Crippen LogP contribution in [0.3, 0.4) is 0 Å². The van der Waals surface area contributed by atoms with Crippen LogP contribution in [-0.4, -0.2) is 34.4 Å². The van der Waals surface area contributed by atoms with Crippen molar-refractivity contribution in [3.63, 3.8) is 0 Å². The van der Waals surface area contributed by atoms with Gasteiger partial charge in [-0.2, -0.15) is 0 Å². The Morgan fingerprint density at radius 1 is 1.35 bits per heavy atom. The highest BCUT2D eigenvalue weighted by Gasteiger charge is 2.33. The van der Waals surface area contributed by atoms with Crippen molar-refractivity contribution in [2.75, 3.05) is 19.4 Å². The molecule has 6 nitrogen and oxygen atoms in total. The van der Waals surface area contributed by atoms with Crippen LogP contribution in [0.2, 0.25) is 0 Å². The lowest BCUT2D eigenvalue weighted by molar-refractivity contribution is 0.0728. The number of amides is 1. The number of rotatable bonds is 5. The number of hydrogen-bond acceptors (Lipinski definition) is 5. The number of ether oxygens (including phenoxy) is 1. The molecular weight excluding hydrogens is 328 g/mol. The molecule has 1 fully saturated rings. The first kappa shape index (κ1) is 18.2. The lowest BCUT2D eigenvalue weighted by Gasteiger charge is -2.26. The van der Waals surface area contributed by atoms with Crippen molar-refractivity contribution in [3.8, 4) is 5.75 Å². The maximum absolute atomic E-state index is 13.2. The predicted octanol–water partition coefficient (Wildman–Crippen LogP) is 3.24. The Balaban J connectivity index is 1.90. The third-order valence-corrected chi connectivity index (χ3v) is 4.64. The molecule has 0 radical (unpaired) electrons. The summed E-state index contributed by atoms with van der Waals surface area (Å²) < 4.78 is 5.49. The number of para-hydroxylation sites is 1. The summed E-state index contributed by atoms with van der Waals surface area (Å²) in [7, 11) is 1.66. The predicted molar refractivity (Wildman–Crippen MR) is 101 cm³/mol. The minimum absolute atomic E-state index is 0.0108. The molecule has 1 aromatic carbocycles. The monoisotopic (exact) mass is 354 g/mol. The first-order valence-electron chi connectivity index (χ1n) is 9.07. The largest absolute Gasteiger partial charge is 0.496 e. The summed E-state index contributed by atoms with van der Waals surface area (Å²) in [6.07, 6.45) is 2.63. The van der Waals surface area contributed by atoms with Gasteiger partial charge in [0.15, 0.2) is 0 Å². The van der Waals surface area contributed by atoms with Crippen molar-refractivity contribution in [3.05, 3.63) is 47.3 Å². The number of nitrogens with zero attached hydrogens (tertiary/aromatic N) is 3. The van der Waals surface area contributed by atoms with Gasteiger partial charge in [0.1, 0.15) is 11.4 Å². The number of benzene rings is 1. The number of methoxy groups -OCH3 is 1. The van der Waals surface area contributed by atoms with Gasteiger partial charge in [-0.15, -0.1) is 0 Å². The molecule has 0 saturated carbocycles. The van der Waals surface area contributed by atoms with E-state index in [1.807, 2.05) is 29.2 Å². The summed E-state index contributed by atoms with van der Waals surface area (Å²) in [6, 6.07) is 9.63. The number of carbonyl (C=O) groups is 1. The van der Waals surface area contributed by atoms with Gasteiger partial charge in [-0.05, 0) is 37.3 Å². The van der Waals surface area contributed by atoms with Crippen LogP contribution in [0.5, 0.6) is 5.75 Å². The first-order valence-corrected chi connectivity index (χ1v) is 9.07. The van der Waals surface area contributed by atoms with Crippen LogP contribution < -0.4 is 10.5 Å². The molecule has 2 aromatic rings. The summed E-state index contributed by atoms with van der Waals surface area (Å²) in [5.74, 6) is 1.29. The standard InChI is InChI=1S/C20H26N4O2/c1-13(2)11-14-12-16(23-20(21)22-14)19(25)24-10-6-8-17(24)15-7-4-5-9-18(15)26-3/h4-5,7,9,12-13,17H,6,8,10-11H2,1-3H3,(H2,21,22,23)/t17-/m1/s1. The summed E-state index contributed by atoms with van der Waals surface area (Å²) in [5.41, 5.74) is 8.06. The summed E-state index contributed by atoms with van der Waals surface area (Å²) in [5, 5.41) is 0. The third-order valence-electron chi connectivity index (χ3n) is 4.64. The second kappa shape index (κ2) is 7.72. The van der Waals surface area contributed by atoms with Crippen molar-refractivity contribution in [1.29, 1.82) is 0 Å². The molecule has 0 bridgehead atoms. The summed E-state index contributed by atoms with van der Waals surface area (Å²) in [6.45, 7) is 4.92. The highest BCUT2D eigenvalue weighted by Crippen LogP contribution is 2.37. The fourth-order valence-electron chi connectivity index (χ4n) is 3.57. The van der Waals surface area contributed by atoms with Crippen LogP contribution in [-0.2, 0) is 6.42 Å². The molecule has 1 saturated heterocycles. The van der Waals surface area contributed by atoms with Crippen molar-refractivity contribution in [2.45, 2.75) is 39.2 Å². The summed E-state index contributed by atoms with van der Waals surface area (Å²) >= 11 is 0. The Bertz CT molecular complexity index is 791. The fraction of sp³-hybridized carbons (Fsp3) is 0.450. The molecule has 2 N–H and O–H groups in total. The maximum atomic E-state index is 13.2. The molecule has 1 aliphatic rings. The minimum atomic E-state index is -0.0995. The van der Waals surface area contributed by atoms with Crippen molar-refractivity contribution in [2.24, 2.45) is 5.92 Å². The number of likely N-dealkylation sites (tertiary alicyclic amines) is 1. The SMILES string of the molecule is COc1ccccc1[C@H]1CCCN1C(=O)c1cc(CC(C)C)nc(N)n1. The normalized spacial score (nSPS) is 16.9. The molecule has 1 amide bonds. The van der Waals surface area contributed by atoms with Gasteiger partial charge in [-0.3, -0.25) is 4.79 Å². The molecular formula is C20H26N4O2. The van der Waals surface area contributed by atoms with E-state index in [9.17, 15) is 4.79 Å². The van der Waals surface area contributed by atoms with Gasteiger partial charge in [0, 0.05) is 17.8 Å². The molecule has 1 aliphatic heterocycles. The van der Waals surface area contributed by atoms with Crippen molar-refractivity contribution in [1.82, 2.24) is 14.9 Å². The van der Waals surface area contributed by atoms with Gasteiger partial charge in [0.2, 0.25) is 5.95 Å². The van der Waals surface area contributed by atoms with E-state index in [0.29, 0.717) is 18.2 Å². The topological polar surface area (TPSA) is 81.3 Å². The van der Waals surface area contributed by atoms with Crippen LogP contribution in [0.1, 0.15) is 54.5 Å². The van der Waals surface area contributed by atoms with Crippen LogP contribution in [0.25, 0.3) is 0 Å². The smallest absolute Gasteiger partial charge is 0.273 e. The molecule has 138 valence electrons. The number of anilines is 1. The van der Waals surface area contributed by atoms with E-state index in [1.54, 1.807) is 13.2 Å². The van der Waals surface area contributed by atoms with Gasteiger partial charge in [0.25, 0.3) is 5.91 Å². The van der Waals surface area contributed by atoms with Crippen LogP contribution in [0.4, 0.5) is 5.95 Å². The average Bonchev–Trinajstić information content (AvgIpc) is 3.09. The Labute approximate surface area is 154 Å². The Kier molecular flexibility index (Phi) is 5.40.